The Labute approximate surface area is 99.4 Å². The van der Waals surface area contributed by atoms with Crippen LogP contribution >= 0.6 is 0 Å². The molecule has 100 valence electrons. The van der Waals surface area contributed by atoms with Gasteiger partial charge < -0.3 is 10.2 Å². The van der Waals surface area contributed by atoms with Gasteiger partial charge in [-0.2, -0.15) is 13.2 Å². The molecule has 0 heterocycles. The predicted octanol–water partition coefficient (Wildman–Crippen LogP) is 1.93. The minimum Gasteiger partial charge on any atom is -0.333 e. The van der Waals surface area contributed by atoms with Crippen LogP contribution in [0.2, 0.25) is 0 Å². The maximum atomic E-state index is 12.2. The molecular weight excluding hydrogens is 233 g/mol. The highest BCUT2D eigenvalue weighted by molar-refractivity contribution is 5.78. The van der Waals surface area contributed by atoms with E-state index in [1.54, 1.807) is 6.92 Å². The number of nitrogens with zero attached hydrogens (tertiary/aromatic N) is 1. The van der Waals surface area contributed by atoms with Crippen molar-refractivity contribution >= 4 is 5.91 Å². The van der Waals surface area contributed by atoms with E-state index >= 15 is 0 Å². The molecule has 0 atom stereocenters. The van der Waals surface area contributed by atoms with Gasteiger partial charge in [0.05, 0.1) is 6.54 Å². The van der Waals surface area contributed by atoms with Crippen LogP contribution in [0.3, 0.4) is 0 Å². The standard InChI is InChI=1S/C11H19F3N2O/c1-2-16(8-11(12,13)14)10(17)7-15-9-5-3-4-6-9/h9,15H,2-8H2,1H3. The molecule has 0 unspecified atom stereocenters. The van der Waals surface area contributed by atoms with Gasteiger partial charge in [-0.15, -0.1) is 0 Å². The highest BCUT2D eigenvalue weighted by atomic mass is 19.4. The topological polar surface area (TPSA) is 32.3 Å². The third-order valence-corrected chi connectivity index (χ3v) is 3.00. The van der Waals surface area contributed by atoms with Crippen molar-refractivity contribution in [2.24, 2.45) is 0 Å². The summed E-state index contributed by atoms with van der Waals surface area (Å²) in [6.45, 7) is 0.493. The molecule has 0 spiro atoms. The van der Waals surface area contributed by atoms with Gasteiger partial charge in [-0.1, -0.05) is 12.8 Å². The molecule has 17 heavy (non-hydrogen) atoms. The molecular formula is C11H19F3N2O. The van der Waals surface area contributed by atoms with Gasteiger partial charge >= 0.3 is 6.18 Å². The number of amides is 1. The van der Waals surface area contributed by atoms with Crippen molar-refractivity contribution in [1.29, 1.82) is 0 Å². The van der Waals surface area contributed by atoms with E-state index in [4.69, 9.17) is 0 Å². The summed E-state index contributed by atoms with van der Waals surface area (Å²) in [6, 6.07) is 0.295. The second kappa shape index (κ2) is 6.23. The first kappa shape index (κ1) is 14.3. The van der Waals surface area contributed by atoms with Crippen molar-refractivity contribution in [1.82, 2.24) is 10.2 Å². The fraction of sp³-hybridized carbons (Fsp3) is 0.909. The van der Waals surface area contributed by atoms with Crippen LogP contribution in [-0.4, -0.2) is 42.7 Å². The van der Waals surface area contributed by atoms with Crippen LogP contribution in [0.15, 0.2) is 0 Å². The number of likely N-dealkylation sites (N-methyl/N-ethyl adjacent to an activating group) is 1. The zero-order valence-electron chi connectivity index (χ0n) is 10.0. The maximum Gasteiger partial charge on any atom is 0.406 e. The lowest BCUT2D eigenvalue weighted by Crippen LogP contribution is -2.44. The molecule has 1 rings (SSSR count). The molecule has 0 radical (unpaired) electrons. The average molecular weight is 252 g/mol. The van der Waals surface area contributed by atoms with Crippen molar-refractivity contribution in [2.75, 3.05) is 19.6 Å². The molecule has 1 aliphatic carbocycles. The van der Waals surface area contributed by atoms with E-state index in [2.05, 4.69) is 5.32 Å². The lowest BCUT2D eigenvalue weighted by molar-refractivity contribution is -0.160. The Balaban J connectivity index is 2.32. The summed E-state index contributed by atoms with van der Waals surface area (Å²) in [5.41, 5.74) is 0. The zero-order valence-corrected chi connectivity index (χ0v) is 10.0. The Morgan fingerprint density at radius 1 is 1.35 bits per heavy atom. The summed E-state index contributed by atoms with van der Waals surface area (Å²) in [5.74, 6) is -0.475. The first-order valence-electron chi connectivity index (χ1n) is 6.00. The second-order valence-electron chi connectivity index (χ2n) is 4.39. The highest BCUT2D eigenvalue weighted by Crippen LogP contribution is 2.18. The smallest absolute Gasteiger partial charge is 0.333 e. The van der Waals surface area contributed by atoms with E-state index in [1.807, 2.05) is 0 Å². The van der Waals surface area contributed by atoms with E-state index in [1.165, 1.54) is 0 Å². The van der Waals surface area contributed by atoms with Crippen LogP contribution in [0.1, 0.15) is 32.6 Å². The van der Waals surface area contributed by atoms with Crippen molar-refractivity contribution < 1.29 is 18.0 Å². The minimum absolute atomic E-state index is 0.00852. The maximum absolute atomic E-state index is 12.2. The largest absolute Gasteiger partial charge is 0.406 e. The molecule has 1 amide bonds. The fourth-order valence-corrected chi connectivity index (χ4v) is 2.07. The first-order chi connectivity index (χ1) is 7.92. The van der Waals surface area contributed by atoms with Gasteiger partial charge in [-0.3, -0.25) is 4.79 Å². The van der Waals surface area contributed by atoms with E-state index in [9.17, 15) is 18.0 Å². The van der Waals surface area contributed by atoms with E-state index < -0.39 is 18.6 Å². The van der Waals surface area contributed by atoms with Crippen molar-refractivity contribution in [3.63, 3.8) is 0 Å². The number of carbonyl (C=O) groups excluding carboxylic acids is 1. The Morgan fingerprint density at radius 2 is 1.94 bits per heavy atom. The average Bonchev–Trinajstić information content (AvgIpc) is 2.74. The number of carbonyl (C=O) groups is 1. The molecule has 1 N–H and O–H groups in total. The molecule has 0 aliphatic heterocycles. The van der Waals surface area contributed by atoms with E-state index in [-0.39, 0.29) is 13.1 Å². The Hall–Kier alpha value is -0.780. The van der Waals surface area contributed by atoms with Crippen LogP contribution in [0.5, 0.6) is 0 Å². The summed E-state index contributed by atoms with van der Waals surface area (Å²) in [7, 11) is 0. The predicted molar refractivity (Wildman–Crippen MR) is 58.6 cm³/mol. The molecule has 3 nitrogen and oxygen atoms in total. The molecule has 1 fully saturated rings. The molecule has 6 heteroatoms. The number of alkyl halides is 3. The first-order valence-corrected chi connectivity index (χ1v) is 6.00. The van der Waals surface area contributed by atoms with Crippen LogP contribution in [0.4, 0.5) is 13.2 Å². The van der Waals surface area contributed by atoms with Crippen molar-refractivity contribution in [3.8, 4) is 0 Å². The van der Waals surface area contributed by atoms with Crippen LogP contribution in [0, 0.1) is 0 Å². The number of hydrogen-bond acceptors (Lipinski definition) is 2. The molecule has 0 aromatic carbocycles. The van der Waals surface area contributed by atoms with Gasteiger partial charge in [0.25, 0.3) is 0 Å². The summed E-state index contributed by atoms with van der Waals surface area (Å²) < 4.78 is 36.5. The van der Waals surface area contributed by atoms with Gasteiger partial charge in [0, 0.05) is 12.6 Å². The lowest BCUT2D eigenvalue weighted by Gasteiger charge is -2.23. The molecule has 0 aromatic heterocycles. The summed E-state index contributed by atoms with van der Waals surface area (Å²) in [5, 5.41) is 3.02. The molecule has 0 saturated heterocycles. The van der Waals surface area contributed by atoms with Crippen LogP contribution in [-0.2, 0) is 4.79 Å². The third kappa shape index (κ3) is 5.39. The van der Waals surface area contributed by atoms with Gasteiger partial charge in [-0.25, -0.2) is 0 Å². The number of rotatable bonds is 5. The molecule has 1 aliphatic rings. The molecule has 0 bridgehead atoms. The monoisotopic (exact) mass is 252 g/mol. The molecule has 1 saturated carbocycles. The normalized spacial score (nSPS) is 17.4. The quantitative estimate of drug-likeness (QED) is 0.811. The fourth-order valence-electron chi connectivity index (χ4n) is 2.07. The number of halogens is 3. The van der Waals surface area contributed by atoms with Crippen LogP contribution < -0.4 is 5.32 Å². The summed E-state index contributed by atoms with van der Waals surface area (Å²) in [4.78, 5) is 12.4. The van der Waals surface area contributed by atoms with E-state index in [0.717, 1.165) is 30.6 Å². The van der Waals surface area contributed by atoms with Gasteiger partial charge in [0.15, 0.2) is 0 Å². The molecule has 0 aromatic rings. The Kier molecular flexibility index (Phi) is 5.24. The van der Waals surface area contributed by atoms with Gasteiger partial charge in [0.2, 0.25) is 5.91 Å². The van der Waals surface area contributed by atoms with Crippen molar-refractivity contribution in [2.45, 2.75) is 44.8 Å². The number of nitrogens with one attached hydrogen (secondary N) is 1. The lowest BCUT2D eigenvalue weighted by atomic mass is 10.2. The summed E-state index contributed by atoms with van der Waals surface area (Å²) in [6.07, 6.45) is -0.0336. The Bertz CT molecular complexity index is 250. The van der Waals surface area contributed by atoms with E-state index in [0.29, 0.717) is 6.04 Å². The van der Waals surface area contributed by atoms with Gasteiger partial charge in [0.1, 0.15) is 6.54 Å². The Morgan fingerprint density at radius 3 is 2.41 bits per heavy atom. The minimum atomic E-state index is -4.32. The zero-order chi connectivity index (χ0) is 12.9. The highest BCUT2D eigenvalue weighted by Gasteiger charge is 2.32. The second-order valence-corrected chi connectivity index (χ2v) is 4.39. The van der Waals surface area contributed by atoms with Crippen molar-refractivity contribution in [3.05, 3.63) is 0 Å². The summed E-state index contributed by atoms with van der Waals surface area (Å²) >= 11 is 0. The third-order valence-electron chi connectivity index (χ3n) is 3.00. The number of hydrogen-bond donors (Lipinski definition) is 1. The SMILES string of the molecule is CCN(CC(F)(F)F)C(=O)CNC1CCCC1. The van der Waals surface area contributed by atoms with Crippen LogP contribution in [0.25, 0.3) is 0 Å². The van der Waals surface area contributed by atoms with Gasteiger partial charge in [-0.05, 0) is 19.8 Å².